The molecule has 8 heteroatoms. The highest BCUT2D eigenvalue weighted by molar-refractivity contribution is 7.26. The molecule has 5 nitrogen and oxygen atoms in total. The first-order valence-corrected chi connectivity index (χ1v) is 23.2. The average molecular weight is 972 g/mol. The predicted molar refractivity (Wildman–Crippen MR) is 299 cm³/mol. The van der Waals surface area contributed by atoms with Crippen LogP contribution in [0.3, 0.4) is 0 Å². The fourth-order valence-corrected chi connectivity index (χ4v) is 12.5. The fourth-order valence-electron chi connectivity index (χ4n) is 9.61. The standard InChI is InChI=1S/C62H31N5S3/c1-64-61-46(33-63)53(65-47-20-8-2-14-34(47)40-29-58-43(26-50(40)65)37-17-5-11-23-55(37)68-58)32-54(66-48-21-9-3-15-35(48)41-30-59-44(27-51(41)66)38-18-6-12-24-56(38)69-59)62(61)67-49-22-10-4-16-36(49)42-31-60-45(28-52(42)67)39-19-7-13-25-57(39)70-60/h2-32H/i2D,3D,4D,5D,6D,7D,8D,9D,10D,11D,12D,13D,14D,15D,16D,17D,18D,19D,20D,21D,22D,23D,24D,25D,26D,27D,28D,29D,30D,31D. The molecule has 0 saturated carbocycles. The molecule has 0 saturated heterocycles. The molecule has 6 aromatic heterocycles. The highest BCUT2D eigenvalue weighted by Crippen LogP contribution is 2.50. The van der Waals surface area contributed by atoms with Crippen molar-refractivity contribution in [3.05, 3.63) is 204 Å². The molecule has 16 aromatic rings. The molecule has 0 radical (unpaired) electrons. The largest absolute Gasteiger partial charge is 0.317 e. The Kier molecular flexibility index (Phi) is 3.92. The van der Waals surface area contributed by atoms with Crippen molar-refractivity contribution in [3.8, 4) is 23.1 Å². The van der Waals surface area contributed by atoms with E-state index >= 15 is 0 Å². The van der Waals surface area contributed by atoms with Crippen molar-refractivity contribution >= 4 is 166 Å². The number of aromatic nitrogens is 3. The highest BCUT2D eigenvalue weighted by Gasteiger charge is 2.29. The lowest BCUT2D eigenvalue weighted by molar-refractivity contribution is 1.08. The second-order valence-corrected chi connectivity index (χ2v) is 18.9. The number of thiophene rings is 3. The van der Waals surface area contributed by atoms with Crippen LogP contribution < -0.4 is 0 Å². The molecule has 70 heavy (non-hydrogen) atoms. The molecule has 0 N–H and O–H groups in total. The number of para-hydroxylation sites is 3. The molecule has 10 aromatic carbocycles. The zero-order valence-corrected chi connectivity index (χ0v) is 37.0. The van der Waals surface area contributed by atoms with E-state index in [1.54, 1.807) is 0 Å². The molecule has 0 aliphatic heterocycles. The van der Waals surface area contributed by atoms with E-state index in [0.717, 1.165) is 19.8 Å². The van der Waals surface area contributed by atoms with Crippen LogP contribution in [0.1, 0.15) is 46.7 Å². The zero-order chi connectivity index (χ0) is 72.0. The third kappa shape index (κ3) is 4.96. The Morgan fingerprint density at radius 1 is 0.386 bits per heavy atom. The SMILES string of the molecule is [2H]c1c([2H])c([2H])c2c(sc3c([2H])c4c5c([2H])c([2H])c([2H])c([2H])c5n(-c5cc(-n6c7c([2H])c([2H])c([2H])c([2H])c7c7c([2H])c8sc9c([2H])c([2H])c([2H])c([2H])c9c8c([2H])c76)c(-n6c7c([2H])c([2H])c([2H])c([2H])c7c7c([2H])c8sc9c([2H])c([2H])c([2H])c([2H])c9c8c([2H])c76)c([N+]#[C-])c5C#N)c4c([2H])c32)c1[2H]. The smallest absolute Gasteiger partial charge is 0.232 e. The van der Waals surface area contributed by atoms with Gasteiger partial charge >= 0.3 is 0 Å². The second kappa shape index (κ2) is 13.9. The number of fused-ring (bicyclic) bond motifs is 18. The molecule has 0 amide bonds. The molecule has 322 valence electrons. The summed E-state index contributed by atoms with van der Waals surface area (Å²) in [5.74, 6) is 0. The summed E-state index contributed by atoms with van der Waals surface area (Å²) in [6.07, 6.45) is 0. The van der Waals surface area contributed by atoms with Gasteiger partial charge in [0.25, 0.3) is 0 Å². The Hall–Kier alpha value is -8.76. The van der Waals surface area contributed by atoms with E-state index in [-0.39, 0.29) is 60.5 Å². The predicted octanol–water partition coefficient (Wildman–Crippen LogP) is 18.5. The molecule has 16 rings (SSSR count). The first-order chi connectivity index (χ1) is 47.2. The van der Waals surface area contributed by atoms with Crippen molar-refractivity contribution < 1.29 is 41.1 Å². The Balaban J connectivity index is 1.26. The van der Waals surface area contributed by atoms with Crippen molar-refractivity contribution in [1.29, 1.82) is 5.26 Å². The number of hydrogen-bond acceptors (Lipinski definition) is 4. The minimum Gasteiger partial charge on any atom is -0.317 e. The third-order valence-corrected chi connectivity index (χ3v) is 15.5. The van der Waals surface area contributed by atoms with Gasteiger partial charge < -0.3 is 13.7 Å². The first kappa shape index (κ1) is 19.7. The molecule has 0 aliphatic rings. The number of hydrogen-bond donors (Lipinski definition) is 0. The lowest BCUT2D eigenvalue weighted by atomic mass is 10.0. The fraction of sp³-hybridized carbons (Fsp3) is 0. The van der Waals surface area contributed by atoms with Crippen molar-refractivity contribution in [1.82, 2.24) is 13.7 Å². The average Bonchev–Trinajstić information content (AvgIpc) is 1.52. The lowest BCUT2D eigenvalue weighted by Crippen LogP contribution is -2.08. The van der Waals surface area contributed by atoms with Gasteiger partial charge in [0.15, 0.2) is 0 Å². The van der Waals surface area contributed by atoms with E-state index in [9.17, 15) is 35.1 Å². The summed E-state index contributed by atoms with van der Waals surface area (Å²) in [5.41, 5.74) is -7.82. The molecule has 0 aliphatic carbocycles. The maximum atomic E-state index is 12.2. The minimum atomic E-state index is -0.974. The number of benzene rings is 10. The summed E-state index contributed by atoms with van der Waals surface area (Å²) in [4.78, 5) is 3.98. The Morgan fingerprint density at radius 3 is 1.16 bits per heavy atom. The first-order valence-electron chi connectivity index (χ1n) is 35.7. The van der Waals surface area contributed by atoms with Gasteiger partial charge in [0.2, 0.25) is 5.69 Å². The molecule has 0 unspecified atom stereocenters. The van der Waals surface area contributed by atoms with E-state index in [1.807, 2.05) is 6.07 Å². The number of nitriles is 1. The van der Waals surface area contributed by atoms with Gasteiger partial charge in [-0.15, -0.1) is 34.0 Å². The van der Waals surface area contributed by atoms with Crippen LogP contribution in [-0.2, 0) is 0 Å². The lowest BCUT2D eigenvalue weighted by Gasteiger charge is -2.22. The van der Waals surface area contributed by atoms with Crippen LogP contribution in [-0.4, -0.2) is 13.7 Å². The van der Waals surface area contributed by atoms with Crippen LogP contribution in [0.2, 0.25) is 0 Å². The number of nitrogens with zero attached hydrogens (tertiary/aromatic N) is 5. The van der Waals surface area contributed by atoms with Crippen LogP contribution in [0.5, 0.6) is 0 Å². The second-order valence-electron chi connectivity index (χ2n) is 15.8. The monoisotopic (exact) mass is 971 g/mol. The van der Waals surface area contributed by atoms with Gasteiger partial charge in [0.05, 0.1) is 109 Å². The minimum absolute atomic E-state index is 0.131. The van der Waals surface area contributed by atoms with Crippen LogP contribution in [0.4, 0.5) is 5.69 Å². The maximum Gasteiger partial charge on any atom is 0.232 e. The van der Waals surface area contributed by atoms with Gasteiger partial charge in [-0.3, -0.25) is 0 Å². The van der Waals surface area contributed by atoms with Gasteiger partial charge in [0, 0.05) is 92.8 Å². The van der Waals surface area contributed by atoms with Crippen molar-refractivity contribution in [2.45, 2.75) is 0 Å². The normalized spacial score (nSPS) is 18.3. The Morgan fingerprint density at radius 2 is 0.743 bits per heavy atom. The third-order valence-electron chi connectivity index (χ3n) is 12.4. The molecule has 0 spiro atoms. The molecular formula is C62H31N5S3. The van der Waals surface area contributed by atoms with Gasteiger partial charge in [-0.25, -0.2) is 4.85 Å². The summed E-state index contributed by atoms with van der Waals surface area (Å²) in [5, 5.41) is 7.34. The van der Waals surface area contributed by atoms with Crippen LogP contribution in [0.25, 0.3) is 148 Å². The van der Waals surface area contributed by atoms with E-state index in [1.165, 1.54) is 0 Å². The molecule has 0 bridgehead atoms. The summed E-state index contributed by atoms with van der Waals surface area (Å²) in [6.45, 7) is 9.47. The van der Waals surface area contributed by atoms with Gasteiger partial charge in [0.1, 0.15) is 0 Å². The highest BCUT2D eigenvalue weighted by atomic mass is 32.1. The summed E-state index contributed by atoms with van der Waals surface area (Å²) in [7, 11) is 0. The van der Waals surface area contributed by atoms with E-state index in [2.05, 4.69) is 4.85 Å². The summed E-state index contributed by atoms with van der Waals surface area (Å²) < 4.78 is 283. The Labute approximate surface area is 452 Å². The van der Waals surface area contributed by atoms with Crippen LogP contribution in [0, 0.1) is 17.9 Å². The zero-order valence-electron chi connectivity index (χ0n) is 64.5. The van der Waals surface area contributed by atoms with Crippen molar-refractivity contribution in [2.75, 3.05) is 0 Å². The molecule has 0 fully saturated rings. The molecular weight excluding hydrogens is 911 g/mol. The van der Waals surface area contributed by atoms with Crippen LogP contribution in [0.15, 0.2) is 187 Å². The maximum absolute atomic E-state index is 12.2. The number of rotatable bonds is 3. The molecule has 6 heterocycles. The van der Waals surface area contributed by atoms with E-state index < -0.39 is 275 Å². The van der Waals surface area contributed by atoms with Gasteiger partial charge in [-0.05, 0) is 78.6 Å². The summed E-state index contributed by atoms with van der Waals surface area (Å²) in [6, 6.07) is -20.1. The van der Waals surface area contributed by atoms with Crippen LogP contribution >= 0.6 is 34.0 Å². The van der Waals surface area contributed by atoms with E-state index in [4.69, 9.17) is 17.8 Å². The molecule has 0 atom stereocenters. The van der Waals surface area contributed by atoms with E-state index in [0.29, 0.717) is 34.0 Å². The quantitative estimate of drug-likeness (QED) is 0.163. The van der Waals surface area contributed by atoms with Crippen molar-refractivity contribution in [3.63, 3.8) is 0 Å². The van der Waals surface area contributed by atoms with Gasteiger partial charge in [-0.1, -0.05) is 109 Å². The van der Waals surface area contributed by atoms with Crippen molar-refractivity contribution in [2.24, 2.45) is 0 Å². The summed E-state index contributed by atoms with van der Waals surface area (Å²) >= 11 is 2.00. The topological polar surface area (TPSA) is 42.9 Å². The Bertz CT molecular complexity index is 6940. The van der Waals surface area contributed by atoms with Gasteiger partial charge in [-0.2, -0.15) is 5.26 Å².